The predicted octanol–water partition coefficient (Wildman–Crippen LogP) is 7.33. The van der Waals surface area contributed by atoms with E-state index in [0.29, 0.717) is 35.4 Å². The number of nitriles is 1. The number of rotatable bonds is 2. The molecule has 35 heavy (non-hydrogen) atoms. The van der Waals surface area contributed by atoms with Crippen molar-refractivity contribution in [2.45, 2.75) is 39.0 Å². The molecule has 174 valence electrons. The molecule has 4 rings (SSSR count). The number of nitrogens with zero attached hydrogens (tertiary/aromatic N) is 1. The fraction of sp³-hybridized carbons (Fsp3) is 0.233. The van der Waals surface area contributed by atoms with E-state index in [0.717, 1.165) is 24.8 Å². The topological polar surface area (TPSA) is 23.8 Å². The maximum absolute atomic E-state index is 15.0. The summed E-state index contributed by atoms with van der Waals surface area (Å²) in [6.07, 6.45) is 4.26. The highest BCUT2D eigenvalue weighted by Gasteiger charge is 2.24. The maximum Gasteiger partial charge on any atom is 0.145 e. The normalized spacial score (nSPS) is 14.1. The van der Waals surface area contributed by atoms with Crippen LogP contribution in [0.2, 0.25) is 5.02 Å². The van der Waals surface area contributed by atoms with E-state index in [1.807, 2.05) is 6.07 Å². The molecule has 0 heterocycles. The highest BCUT2D eigenvalue weighted by Crippen LogP contribution is 2.32. The van der Waals surface area contributed by atoms with Crippen molar-refractivity contribution >= 4 is 11.6 Å². The molecule has 0 bridgehead atoms. The highest BCUT2D eigenvalue weighted by atomic mass is 35.5. The molecule has 0 aliphatic heterocycles. The van der Waals surface area contributed by atoms with Gasteiger partial charge in [-0.1, -0.05) is 55.0 Å². The summed E-state index contributed by atoms with van der Waals surface area (Å²) in [6.45, 7) is 2.11. The van der Waals surface area contributed by atoms with E-state index in [4.69, 9.17) is 16.9 Å². The predicted molar refractivity (Wildman–Crippen MR) is 131 cm³/mol. The third kappa shape index (κ3) is 5.54. The minimum absolute atomic E-state index is 0.142. The Kier molecular flexibility index (Phi) is 7.51. The quantitative estimate of drug-likeness (QED) is 0.347. The second-order valence-corrected chi connectivity index (χ2v) is 8.99. The second kappa shape index (κ2) is 10.7. The van der Waals surface area contributed by atoms with Crippen LogP contribution in [-0.4, -0.2) is 0 Å². The Bertz CT molecular complexity index is 1460. The molecule has 3 aromatic rings. The minimum Gasteiger partial charge on any atom is -0.206 e. The van der Waals surface area contributed by atoms with Crippen molar-refractivity contribution in [1.82, 2.24) is 0 Å². The summed E-state index contributed by atoms with van der Waals surface area (Å²) >= 11 is 6.00. The molecule has 0 spiro atoms. The van der Waals surface area contributed by atoms with Crippen LogP contribution in [0.1, 0.15) is 65.1 Å². The zero-order valence-corrected chi connectivity index (χ0v) is 19.9. The van der Waals surface area contributed by atoms with E-state index in [9.17, 15) is 8.78 Å². The first-order valence-corrected chi connectivity index (χ1v) is 11.8. The molecule has 0 saturated carbocycles. The van der Waals surface area contributed by atoms with Gasteiger partial charge in [0.2, 0.25) is 0 Å². The standard InChI is InChI=1S/C30H21ClF3N/c1-2-3-19-7-12-25-24(14-19)17-29(33)26(30(25)34)13-8-21-5-10-22(28(32)16-21)9-4-20-6-11-23(18-35)27(31)15-20/h5-6,10-11,15-17,19H,2-3,7,12,14H2,1H3. The van der Waals surface area contributed by atoms with Gasteiger partial charge in [-0.05, 0) is 78.8 Å². The van der Waals surface area contributed by atoms with Crippen molar-refractivity contribution in [1.29, 1.82) is 5.26 Å². The van der Waals surface area contributed by atoms with Gasteiger partial charge in [-0.2, -0.15) is 5.26 Å². The SMILES string of the molecule is CCCC1CCc2c(cc(F)c(C#Cc3ccc(C#Cc4ccc(C#N)c(Cl)c4)c(F)c3)c2F)C1. The van der Waals surface area contributed by atoms with Crippen molar-refractivity contribution in [3.63, 3.8) is 0 Å². The largest absolute Gasteiger partial charge is 0.206 e. The number of benzene rings is 3. The van der Waals surface area contributed by atoms with Gasteiger partial charge in [0.1, 0.15) is 23.5 Å². The monoisotopic (exact) mass is 487 g/mol. The molecule has 1 nitrogen and oxygen atoms in total. The average molecular weight is 488 g/mol. The van der Waals surface area contributed by atoms with Gasteiger partial charge >= 0.3 is 0 Å². The summed E-state index contributed by atoms with van der Waals surface area (Å²) in [5.41, 5.74) is 2.29. The molecule has 0 fully saturated rings. The van der Waals surface area contributed by atoms with E-state index in [1.165, 1.54) is 24.3 Å². The minimum atomic E-state index is -0.685. The molecular formula is C30H21ClF3N. The van der Waals surface area contributed by atoms with Gasteiger partial charge in [0.15, 0.2) is 0 Å². The van der Waals surface area contributed by atoms with E-state index in [2.05, 4.69) is 30.6 Å². The van der Waals surface area contributed by atoms with Gasteiger partial charge in [-0.15, -0.1) is 0 Å². The fourth-order valence-corrected chi connectivity index (χ4v) is 4.57. The lowest BCUT2D eigenvalue weighted by Gasteiger charge is -2.25. The summed E-state index contributed by atoms with van der Waals surface area (Å²) in [5.74, 6) is 9.34. The van der Waals surface area contributed by atoms with Crippen LogP contribution in [0.5, 0.6) is 0 Å². The zero-order valence-electron chi connectivity index (χ0n) is 19.1. The first-order valence-electron chi connectivity index (χ1n) is 11.4. The second-order valence-electron chi connectivity index (χ2n) is 8.58. The third-order valence-corrected chi connectivity index (χ3v) is 6.46. The van der Waals surface area contributed by atoms with E-state index >= 15 is 4.39 Å². The van der Waals surface area contributed by atoms with Crippen LogP contribution >= 0.6 is 11.6 Å². The molecule has 0 N–H and O–H groups in total. The van der Waals surface area contributed by atoms with Crippen molar-refractivity contribution in [2.75, 3.05) is 0 Å². The van der Waals surface area contributed by atoms with E-state index in [-0.39, 0.29) is 21.7 Å². The molecule has 1 aliphatic carbocycles. The van der Waals surface area contributed by atoms with Gasteiger partial charge in [-0.3, -0.25) is 0 Å². The third-order valence-electron chi connectivity index (χ3n) is 6.15. The molecule has 5 heteroatoms. The summed E-state index contributed by atoms with van der Waals surface area (Å²) in [5, 5.41) is 9.20. The molecule has 0 saturated heterocycles. The summed E-state index contributed by atoms with van der Waals surface area (Å²) < 4.78 is 44.3. The molecule has 0 amide bonds. The van der Waals surface area contributed by atoms with Crippen molar-refractivity contribution in [2.24, 2.45) is 5.92 Å². The van der Waals surface area contributed by atoms with E-state index in [1.54, 1.807) is 18.2 Å². The van der Waals surface area contributed by atoms with Crippen LogP contribution in [0.3, 0.4) is 0 Å². The smallest absolute Gasteiger partial charge is 0.145 e. The molecule has 3 aromatic carbocycles. The molecular weight excluding hydrogens is 467 g/mol. The summed E-state index contributed by atoms with van der Waals surface area (Å²) in [6, 6.07) is 12.3. The Hall–Kier alpha value is -3.65. The molecule has 1 unspecified atom stereocenters. The Morgan fingerprint density at radius 3 is 2.31 bits per heavy atom. The molecule has 0 radical (unpaired) electrons. The van der Waals surface area contributed by atoms with Crippen molar-refractivity contribution in [3.05, 3.63) is 104 Å². The van der Waals surface area contributed by atoms with E-state index < -0.39 is 17.5 Å². The Morgan fingerprint density at radius 1 is 0.914 bits per heavy atom. The van der Waals surface area contributed by atoms with Crippen LogP contribution < -0.4 is 0 Å². The Morgan fingerprint density at radius 2 is 1.63 bits per heavy atom. The van der Waals surface area contributed by atoms with Gasteiger partial charge in [0, 0.05) is 11.1 Å². The molecule has 1 aliphatic rings. The zero-order chi connectivity index (χ0) is 24.9. The van der Waals surface area contributed by atoms with Crippen molar-refractivity contribution in [3.8, 4) is 29.8 Å². The van der Waals surface area contributed by atoms with Gasteiger partial charge in [-0.25, -0.2) is 13.2 Å². The number of hydrogen-bond donors (Lipinski definition) is 0. The number of hydrogen-bond acceptors (Lipinski definition) is 1. The van der Waals surface area contributed by atoms with Crippen LogP contribution in [0, 0.1) is 58.4 Å². The van der Waals surface area contributed by atoms with Gasteiger partial charge < -0.3 is 0 Å². The fourth-order valence-electron chi connectivity index (χ4n) is 4.34. The average Bonchev–Trinajstić information content (AvgIpc) is 2.83. The molecule has 0 aromatic heterocycles. The van der Waals surface area contributed by atoms with Crippen LogP contribution in [-0.2, 0) is 12.8 Å². The number of fused-ring (bicyclic) bond motifs is 1. The maximum atomic E-state index is 15.0. The molecule has 1 atom stereocenters. The summed E-state index contributed by atoms with van der Waals surface area (Å²) in [4.78, 5) is 0. The van der Waals surface area contributed by atoms with Gasteiger partial charge in [0.05, 0.1) is 21.7 Å². The Labute approximate surface area is 208 Å². The lowest BCUT2D eigenvalue weighted by atomic mass is 9.81. The lowest BCUT2D eigenvalue weighted by molar-refractivity contribution is 0.411. The first-order chi connectivity index (χ1) is 16.9. The van der Waals surface area contributed by atoms with Crippen LogP contribution in [0.4, 0.5) is 13.2 Å². The number of halogens is 4. The van der Waals surface area contributed by atoms with Crippen LogP contribution in [0.25, 0.3) is 0 Å². The summed E-state index contributed by atoms with van der Waals surface area (Å²) in [7, 11) is 0. The van der Waals surface area contributed by atoms with Gasteiger partial charge in [0.25, 0.3) is 0 Å². The lowest BCUT2D eigenvalue weighted by Crippen LogP contribution is -2.17. The highest BCUT2D eigenvalue weighted by molar-refractivity contribution is 6.31. The first kappa shape index (κ1) is 24.5. The van der Waals surface area contributed by atoms with Crippen LogP contribution in [0.15, 0.2) is 42.5 Å². The van der Waals surface area contributed by atoms with Crippen molar-refractivity contribution < 1.29 is 13.2 Å². The Balaban J connectivity index is 1.56.